The Balaban J connectivity index is 1.70. The SMILES string of the molecule is Cc1nnc(-c2ccc(=O)n(CC(=O)NCc3ccccc3)c2)o1. The van der Waals surface area contributed by atoms with Gasteiger partial charge in [0.15, 0.2) is 0 Å². The van der Waals surface area contributed by atoms with Crippen molar-refractivity contribution < 1.29 is 9.21 Å². The lowest BCUT2D eigenvalue weighted by molar-refractivity contribution is -0.121. The van der Waals surface area contributed by atoms with Gasteiger partial charge in [0.25, 0.3) is 5.56 Å². The van der Waals surface area contributed by atoms with Gasteiger partial charge in [0, 0.05) is 25.7 Å². The van der Waals surface area contributed by atoms with Crippen LogP contribution in [-0.4, -0.2) is 20.7 Å². The zero-order chi connectivity index (χ0) is 16.9. The molecule has 0 unspecified atom stereocenters. The summed E-state index contributed by atoms with van der Waals surface area (Å²) < 4.78 is 6.65. The van der Waals surface area contributed by atoms with Crippen molar-refractivity contribution in [2.45, 2.75) is 20.0 Å². The molecule has 2 heterocycles. The Kier molecular flexibility index (Phi) is 4.51. The molecule has 0 saturated carbocycles. The summed E-state index contributed by atoms with van der Waals surface area (Å²) in [5, 5.41) is 10.5. The summed E-state index contributed by atoms with van der Waals surface area (Å²) in [5.74, 6) is 0.495. The van der Waals surface area contributed by atoms with Crippen LogP contribution in [0.3, 0.4) is 0 Å². The smallest absolute Gasteiger partial charge is 0.251 e. The average molecular weight is 324 g/mol. The molecule has 0 bridgehead atoms. The molecule has 1 aromatic carbocycles. The molecule has 0 aliphatic heterocycles. The lowest BCUT2D eigenvalue weighted by atomic mass is 10.2. The van der Waals surface area contributed by atoms with Gasteiger partial charge in [-0.3, -0.25) is 9.59 Å². The average Bonchev–Trinajstić information content (AvgIpc) is 3.02. The topological polar surface area (TPSA) is 90.0 Å². The number of hydrogen-bond acceptors (Lipinski definition) is 5. The first-order chi connectivity index (χ1) is 11.6. The molecular weight excluding hydrogens is 308 g/mol. The second-order valence-electron chi connectivity index (χ2n) is 5.27. The molecule has 1 N–H and O–H groups in total. The number of pyridine rings is 1. The quantitative estimate of drug-likeness (QED) is 0.768. The Morgan fingerprint density at radius 3 is 2.67 bits per heavy atom. The molecule has 1 amide bonds. The van der Waals surface area contributed by atoms with E-state index in [1.54, 1.807) is 13.0 Å². The number of nitrogens with one attached hydrogen (secondary N) is 1. The van der Waals surface area contributed by atoms with Crippen molar-refractivity contribution in [2.24, 2.45) is 0 Å². The molecule has 7 heteroatoms. The Hall–Kier alpha value is -3.22. The van der Waals surface area contributed by atoms with Crippen molar-refractivity contribution >= 4 is 5.91 Å². The summed E-state index contributed by atoms with van der Waals surface area (Å²) in [6, 6.07) is 12.5. The lowest BCUT2D eigenvalue weighted by Gasteiger charge is -2.08. The number of rotatable bonds is 5. The molecule has 0 aliphatic carbocycles. The van der Waals surface area contributed by atoms with Gasteiger partial charge in [-0.2, -0.15) is 0 Å². The molecular formula is C17H16N4O3. The van der Waals surface area contributed by atoms with Gasteiger partial charge in [-0.05, 0) is 11.6 Å². The van der Waals surface area contributed by atoms with Crippen LogP contribution in [0.2, 0.25) is 0 Å². The van der Waals surface area contributed by atoms with Gasteiger partial charge in [-0.15, -0.1) is 10.2 Å². The fourth-order valence-corrected chi connectivity index (χ4v) is 2.20. The lowest BCUT2D eigenvalue weighted by Crippen LogP contribution is -2.31. The molecule has 0 aliphatic rings. The second kappa shape index (κ2) is 6.91. The highest BCUT2D eigenvalue weighted by atomic mass is 16.4. The Morgan fingerprint density at radius 1 is 1.17 bits per heavy atom. The Bertz CT molecular complexity index is 899. The Morgan fingerprint density at radius 2 is 1.96 bits per heavy atom. The third-order valence-electron chi connectivity index (χ3n) is 3.40. The molecule has 3 rings (SSSR count). The molecule has 0 saturated heterocycles. The van der Waals surface area contributed by atoms with E-state index in [2.05, 4.69) is 15.5 Å². The van der Waals surface area contributed by atoms with Gasteiger partial charge < -0.3 is 14.3 Å². The van der Waals surface area contributed by atoms with Crippen LogP contribution < -0.4 is 10.9 Å². The standard InChI is InChI=1S/C17H16N4O3/c1-12-19-20-17(24-12)14-7-8-16(23)21(10-14)11-15(22)18-9-13-5-3-2-4-6-13/h2-8,10H,9,11H2,1H3,(H,18,22). The third kappa shape index (κ3) is 3.75. The largest absolute Gasteiger partial charge is 0.421 e. The van der Waals surface area contributed by atoms with Crippen molar-refractivity contribution in [3.8, 4) is 11.5 Å². The van der Waals surface area contributed by atoms with E-state index in [0.29, 0.717) is 23.9 Å². The molecule has 24 heavy (non-hydrogen) atoms. The van der Waals surface area contributed by atoms with E-state index in [1.165, 1.54) is 16.8 Å². The molecule has 0 radical (unpaired) electrons. The predicted octanol–water partition coefficient (Wildman–Crippen LogP) is 1.52. The number of hydrogen-bond donors (Lipinski definition) is 1. The van der Waals surface area contributed by atoms with Crippen molar-refractivity contribution in [1.29, 1.82) is 0 Å². The highest BCUT2D eigenvalue weighted by molar-refractivity contribution is 5.75. The number of nitrogens with zero attached hydrogens (tertiary/aromatic N) is 3. The van der Waals surface area contributed by atoms with Crippen molar-refractivity contribution in [1.82, 2.24) is 20.1 Å². The highest BCUT2D eigenvalue weighted by Crippen LogP contribution is 2.15. The van der Waals surface area contributed by atoms with Gasteiger partial charge in [-0.25, -0.2) is 0 Å². The van der Waals surface area contributed by atoms with Gasteiger partial charge in [0.2, 0.25) is 17.7 Å². The number of aromatic nitrogens is 3. The van der Waals surface area contributed by atoms with E-state index in [9.17, 15) is 9.59 Å². The maximum absolute atomic E-state index is 12.1. The summed E-state index contributed by atoms with van der Waals surface area (Å²) in [5.41, 5.74) is 1.31. The number of benzene rings is 1. The minimum atomic E-state index is -0.273. The first kappa shape index (κ1) is 15.7. The van der Waals surface area contributed by atoms with Crippen molar-refractivity contribution in [2.75, 3.05) is 0 Å². The maximum Gasteiger partial charge on any atom is 0.251 e. The summed E-state index contributed by atoms with van der Waals surface area (Å²) in [6.45, 7) is 2.02. The van der Waals surface area contributed by atoms with Crippen LogP contribution in [-0.2, 0) is 17.9 Å². The molecule has 0 spiro atoms. The Labute approximate surface area is 138 Å². The van der Waals surface area contributed by atoms with Gasteiger partial charge in [0.1, 0.15) is 6.54 Å². The normalized spacial score (nSPS) is 10.5. The van der Waals surface area contributed by atoms with Crippen LogP contribution in [0.15, 0.2) is 57.9 Å². The van der Waals surface area contributed by atoms with Crippen LogP contribution >= 0.6 is 0 Å². The predicted molar refractivity (Wildman–Crippen MR) is 87.0 cm³/mol. The summed E-state index contributed by atoms with van der Waals surface area (Å²) in [6.07, 6.45) is 1.54. The summed E-state index contributed by atoms with van der Waals surface area (Å²) in [4.78, 5) is 24.0. The van der Waals surface area contributed by atoms with Crippen LogP contribution in [0.5, 0.6) is 0 Å². The van der Waals surface area contributed by atoms with E-state index >= 15 is 0 Å². The van der Waals surface area contributed by atoms with Crippen LogP contribution in [0, 0.1) is 6.92 Å². The molecule has 3 aromatic rings. The van der Waals surface area contributed by atoms with Gasteiger partial charge in [0.05, 0.1) is 5.56 Å². The van der Waals surface area contributed by atoms with Crippen molar-refractivity contribution in [3.05, 3.63) is 70.5 Å². The first-order valence-electron chi connectivity index (χ1n) is 7.43. The molecule has 7 nitrogen and oxygen atoms in total. The molecule has 122 valence electrons. The zero-order valence-corrected chi connectivity index (χ0v) is 13.1. The van der Waals surface area contributed by atoms with Gasteiger partial charge >= 0.3 is 0 Å². The third-order valence-corrected chi connectivity index (χ3v) is 3.40. The number of carbonyl (C=O) groups is 1. The van der Waals surface area contributed by atoms with E-state index in [1.807, 2.05) is 30.3 Å². The zero-order valence-electron chi connectivity index (χ0n) is 13.1. The van der Waals surface area contributed by atoms with E-state index < -0.39 is 0 Å². The fourth-order valence-electron chi connectivity index (χ4n) is 2.20. The minimum absolute atomic E-state index is 0.0768. The second-order valence-corrected chi connectivity index (χ2v) is 5.27. The molecule has 0 fully saturated rings. The van der Waals surface area contributed by atoms with Crippen molar-refractivity contribution in [3.63, 3.8) is 0 Å². The summed E-state index contributed by atoms with van der Waals surface area (Å²) >= 11 is 0. The molecule has 2 aromatic heterocycles. The first-order valence-corrected chi connectivity index (χ1v) is 7.43. The van der Waals surface area contributed by atoms with E-state index in [4.69, 9.17) is 4.42 Å². The van der Waals surface area contributed by atoms with Crippen LogP contribution in [0.1, 0.15) is 11.5 Å². The van der Waals surface area contributed by atoms with Crippen LogP contribution in [0.4, 0.5) is 0 Å². The minimum Gasteiger partial charge on any atom is -0.421 e. The maximum atomic E-state index is 12.1. The monoisotopic (exact) mass is 324 g/mol. The van der Waals surface area contributed by atoms with Gasteiger partial charge in [-0.1, -0.05) is 30.3 Å². The molecule has 0 atom stereocenters. The number of aryl methyl sites for hydroxylation is 1. The number of amides is 1. The highest BCUT2D eigenvalue weighted by Gasteiger charge is 2.10. The number of carbonyl (C=O) groups excluding carboxylic acids is 1. The van der Waals surface area contributed by atoms with E-state index in [0.717, 1.165) is 5.56 Å². The fraction of sp³-hybridized carbons (Fsp3) is 0.176. The summed E-state index contributed by atoms with van der Waals surface area (Å²) in [7, 11) is 0. The van der Waals surface area contributed by atoms with E-state index in [-0.39, 0.29) is 18.0 Å². The van der Waals surface area contributed by atoms with Crippen LogP contribution in [0.25, 0.3) is 11.5 Å².